The molecule has 0 aromatic carbocycles. The van der Waals surface area contributed by atoms with Gasteiger partial charge in [-0.3, -0.25) is 15.0 Å². The van der Waals surface area contributed by atoms with Gasteiger partial charge in [0.25, 0.3) is 0 Å². The van der Waals surface area contributed by atoms with Gasteiger partial charge in [-0.2, -0.15) is 5.10 Å². The Morgan fingerprint density at radius 1 is 1.47 bits per heavy atom. The van der Waals surface area contributed by atoms with E-state index in [-0.39, 0.29) is 5.84 Å². The number of hydrogen-bond donors (Lipinski definition) is 2. The lowest BCUT2D eigenvalue weighted by molar-refractivity contribution is 0.215. The van der Waals surface area contributed by atoms with Crippen molar-refractivity contribution in [2.45, 2.75) is 59.2 Å². The van der Waals surface area contributed by atoms with E-state index in [1.807, 2.05) is 10.9 Å². The molecular weight excluding hydrogens is 238 g/mol. The molecule has 19 heavy (non-hydrogen) atoms. The van der Waals surface area contributed by atoms with Crippen LogP contribution in [0.2, 0.25) is 0 Å². The molecule has 5 nitrogen and oxygen atoms in total. The molecule has 0 amide bonds. The second-order valence-electron chi connectivity index (χ2n) is 5.38. The van der Waals surface area contributed by atoms with Gasteiger partial charge >= 0.3 is 0 Å². The number of rotatable bonds is 8. The van der Waals surface area contributed by atoms with Crippen LogP contribution in [-0.2, 0) is 6.54 Å². The molecular formula is C14H27N5. The van der Waals surface area contributed by atoms with Crippen molar-refractivity contribution in [3.8, 4) is 0 Å². The molecule has 1 aromatic heterocycles. The van der Waals surface area contributed by atoms with Crippen molar-refractivity contribution in [1.29, 1.82) is 5.41 Å². The molecule has 0 aliphatic heterocycles. The van der Waals surface area contributed by atoms with Crippen LogP contribution in [0.1, 0.15) is 52.3 Å². The fourth-order valence-electron chi connectivity index (χ4n) is 1.89. The Bertz CT molecular complexity index is 396. The van der Waals surface area contributed by atoms with Crippen LogP contribution in [0.5, 0.6) is 0 Å². The van der Waals surface area contributed by atoms with Crippen molar-refractivity contribution >= 4 is 5.84 Å². The Morgan fingerprint density at radius 3 is 2.68 bits per heavy atom. The average molecular weight is 265 g/mol. The molecule has 1 rings (SSSR count). The largest absolute Gasteiger partial charge is 0.388 e. The van der Waals surface area contributed by atoms with E-state index >= 15 is 0 Å². The molecule has 0 aliphatic rings. The molecule has 1 heterocycles. The fraction of sp³-hybridized carbons (Fsp3) is 0.714. The van der Waals surface area contributed by atoms with E-state index in [4.69, 9.17) is 11.1 Å². The molecule has 3 N–H and O–H groups in total. The summed E-state index contributed by atoms with van der Waals surface area (Å²) in [6.45, 7) is 10.3. The molecule has 0 saturated carbocycles. The third kappa shape index (κ3) is 5.03. The van der Waals surface area contributed by atoms with Crippen molar-refractivity contribution < 1.29 is 0 Å². The van der Waals surface area contributed by atoms with E-state index < -0.39 is 0 Å². The van der Waals surface area contributed by atoms with Crippen molar-refractivity contribution in [2.75, 3.05) is 6.54 Å². The molecule has 1 unspecified atom stereocenters. The lowest BCUT2D eigenvalue weighted by Crippen LogP contribution is -2.33. The summed E-state index contributed by atoms with van der Waals surface area (Å²) in [5.41, 5.74) is 6.51. The second kappa shape index (κ2) is 7.28. The lowest BCUT2D eigenvalue weighted by atomic mass is 10.2. The molecule has 0 fully saturated rings. The van der Waals surface area contributed by atoms with E-state index in [2.05, 4.69) is 43.8 Å². The summed E-state index contributed by atoms with van der Waals surface area (Å²) < 4.78 is 2.03. The Balaban J connectivity index is 2.63. The zero-order valence-corrected chi connectivity index (χ0v) is 12.6. The van der Waals surface area contributed by atoms with E-state index in [0.717, 1.165) is 25.2 Å². The first-order valence-corrected chi connectivity index (χ1v) is 7.05. The highest BCUT2D eigenvalue weighted by Crippen LogP contribution is 2.12. The van der Waals surface area contributed by atoms with Gasteiger partial charge in [0.1, 0.15) is 0 Å². The first-order chi connectivity index (χ1) is 8.93. The maximum absolute atomic E-state index is 7.33. The van der Waals surface area contributed by atoms with Gasteiger partial charge in [-0.25, -0.2) is 0 Å². The number of nitrogens with zero attached hydrogens (tertiary/aromatic N) is 3. The monoisotopic (exact) mass is 265 g/mol. The standard InChI is InChI=1S/C14H27N5/c1-5-12(4)19-9-6-13(17-19)10-18(11(2)3)8-7-14(15)16/h6,9,11-12H,5,7-8,10H2,1-4H3,(H3,15,16). The molecule has 0 spiro atoms. The second-order valence-corrected chi connectivity index (χ2v) is 5.38. The summed E-state index contributed by atoms with van der Waals surface area (Å²) in [4.78, 5) is 2.30. The van der Waals surface area contributed by atoms with Crippen LogP contribution in [0.3, 0.4) is 0 Å². The van der Waals surface area contributed by atoms with Gasteiger partial charge in [0.05, 0.1) is 11.5 Å². The Kier molecular flexibility index (Phi) is 6.02. The van der Waals surface area contributed by atoms with E-state index in [1.165, 1.54) is 0 Å². The van der Waals surface area contributed by atoms with E-state index in [1.54, 1.807) is 0 Å². The molecule has 0 saturated heterocycles. The van der Waals surface area contributed by atoms with Crippen LogP contribution >= 0.6 is 0 Å². The molecule has 0 radical (unpaired) electrons. The van der Waals surface area contributed by atoms with Gasteiger partial charge in [0.2, 0.25) is 0 Å². The predicted molar refractivity (Wildman–Crippen MR) is 79.3 cm³/mol. The number of aromatic nitrogens is 2. The number of nitrogens with two attached hydrogens (primary N) is 1. The summed E-state index contributed by atoms with van der Waals surface area (Å²) in [5.74, 6) is 0.246. The van der Waals surface area contributed by atoms with Gasteiger partial charge in [-0.1, -0.05) is 6.92 Å². The van der Waals surface area contributed by atoms with Gasteiger partial charge < -0.3 is 5.73 Å². The Morgan fingerprint density at radius 2 is 2.16 bits per heavy atom. The first kappa shape index (κ1) is 15.7. The smallest absolute Gasteiger partial charge is 0.0918 e. The first-order valence-electron chi connectivity index (χ1n) is 7.05. The van der Waals surface area contributed by atoms with Crippen molar-refractivity contribution in [2.24, 2.45) is 5.73 Å². The van der Waals surface area contributed by atoms with Crippen LogP contribution in [0.15, 0.2) is 12.3 Å². The van der Waals surface area contributed by atoms with Crippen molar-refractivity contribution in [3.63, 3.8) is 0 Å². The number of amidine groups is 1. The minimum absolute atomic E-state index is 0.246. The number of hydrogen-bond acceptors (Lipinski definition) is 3. The van der Waals surface area contributed by atoms with Crippen LogP contribution < -0.4 is 5.73 Å². The zero-order valence-electron chi connectivity index (χ0n) is 12.6. The van der Waals surface area contributed by atoms with Gasteiger partial charge in [-0.15, -0.1) is 0 Å². The summed E-state index contributed by atoms with van der Waals surface area (Å²) in [6.07, 6.45) is 3.75. The van der Waals surface area contributed by atoms with Gasteiger partial charge in [0, 0.05) is 37.8 Å². The molecule has 0 aliphatic carbocycles. The molecule has 1 atom stereocenters. The molecule has 5 heteroatoms. The maximum atomic E-state index is 7.33. The van der Waals surface area contributed by atoms with Crippen LogP contribution in [-0.4, -0.2) is 33.1 Å². The van der Waals surface area contributed by atoms with E-state index in [0.29, 0.717) is 18.5 Å². The summed E-state index contributed by atoms with van der Waals surface area (Å²) in [7, 11) is 0. The average Bonchev–Trinajstić information content (AvgIpc) is 2.81. The third-order valence-corrected chi connectivity index (χ3v) is 3.47. The Hall–Kier alpha value is -1.36. The maximum Gasteiger partial charge on any atom is 0.0918 e. The topological polar surface area (TPSA) is 70.9 Å². The zero-order chi connectivity index (χ0) is 14.4. The predicted octanol–water partition coefficient (Wildman–Crippen LogP) is 2.39. The highest BCUT2D eigenvalue weighted by molar-refractivity contribution is 5.76. The minimum atomic E-state index is 0.246. The van der Waals surface area contributed by atoms with Gasteiger partial charge in [0.15, 0.2) is 0 Å². The third-order valence-electron chi connectivity index (χ3n) is 3.47. The summed E-state index contributed by atoms with van der Waals surface area (Å²) in [5, 5.41) is 11.9. The quantitative estimate of drug-likeness (QED) is 0.560. The SMILES string of the molecule is CCC(C)n1ccc(CN(CCC(=N)N)C(C)C)n1. The lowest BCUT2D eigenvalue weighted by Gasteiger charge is -2.25. The summed E-state index contributed by atoms with van der Waals surface area (Å²) >= 11 is 0. The fourth-order valence-corrected chi connectivity index (χ4v) is 1.89. The highest BCUT2D eigenvalue weighted by atomic mass is 15.3. The summed E-state index contributed by atoms with van der Waals surface area (Å²) in [6, 6.07) is 2.95. The minimum Gasteiger partial charge on any atom is -0.388 e. The van der Waals surface area contributed by atoms with Crippen LogP contribution in [0, 0.1) is 5.41 Å². The molecule has 1 aromatic rings. The Labute approximate surface area is 116 Å². The molecule has 108 valence electrons. The normalized spacial score (nSPS) is 13.2. The highest BCUT2D eigenvalue weighted by Gasteiger charge is 2.13. The van der Waals surface area contributed by atoms with Crippen molar-refractivity contribution in [1.82, 2.24) is 14.7 Å². The van der Waals surface area contributed by atoms with Crippen LogP contribution in [0.4, 0.5) is 0 Å². The number of nitrogens with one attached hydrogen (secondary N) is 1. The van der Waals surface area contributed by atoms with Gasteiger partial charge in [-0.05, 0) is 33.3 Å². The van der Waals surface area contributed by atoms with Crippen molar-refractivity contribution in [3.05, 3.63) is 18.0 Å². The molecule has 0 bridgehead atoms. The van der Waals surface area contributed by atoms with E-state index in [9.17, 15) is 0 Å². The van der Waals surface area contributed by atoms with Crippen LogP contribution in [0.25, 0.3) is 0 Å².